The van der Waals surface area contributed by atoms with Crippen LogP contribution in [-0.2, 0) is 4.79 Å². The molecule has 96 valence electrons. The van der Waals surface area contributed by atoms with Crippen LogP contribution in [0.5, 0.6) is 0 Å². The number of carbonyl (C=O) groups excluding carboxylic acids is 1. The van der Waals surface area contributed by atoms with Crippen molar-refractivity contribution in [3.05, 3.63) is 28.5 Å². The van der Waals surface area contributed by atoms with Crippen molar-refractivity contribution in [2.45, 2.75) is 6.92 Å². The van der Waals surface area contributed by atoms with Crippen LogP contribution in [0.4, 0.5) is 0 Å². The van der Waals surface area contributed by atoms with Gasteiger partial charge < -0.3 is 10.0 Å². The molecule has 5 nitrogen and oxygen atoms in total. The second-order valence-corrected chi connectivity index (χ2v) is 5.28. The van der Waals surface area contributed by atoms with Crippen LogP contribution >= 0.6 is 15.9 Å². The Morgan fingerprint density at radius 2 is 2.22 bits per heavy atom. The maximum absolute atomic E-state index is 12.0. The second-order valence-electron chi connectivity index (χ2n) is 4.46. The topological polar surface area (TPSA) is 70.5 Å². The zero-order chi connectivity index (χ0) is 13.3. The van der Waals surface area contributed by atoms with Crippen molar-refractivity contribution < 1.29 is 14.7 Å². The molecule has 0 bridgehead atoms. The molecule has 1 unspecified atom stereocenters. The summed E-state index contributed by atoms with van der Waals surface area (Å²) >= 11 is 3.21. The number of carboxylic acids is 1. The van der Waals surface area contributed by atoms with E-state index in [9.17, 15) is 9.59 Å². The van der Waals surface area contributed by atoms with Crippen LogP contribution in [0.1, 0.15) is 17.3 Å². The summed E-state index contributed by atoms with van der Waals surface area (Å²) in [5.74, 6) is -1.24. The molecule has 2 heterocycles. The molecule has 1 saturated heterocycles. The third kappa shape index (κ3) is 2.53. The minimum Gasteiger partial charge on any atom is -0.481 e. The largest absolute Gasteiger partial charge is 0.481 e. The molecule has 0 aromatic carbocycles. The Morgan fingerprint density at radius 3 is 2.78 bits per heavy atom. The van der Waals surface area contributed by atoms with E-state index in [0.29, 0.717) is 23.3 Å². The van der Waals surface area contributed by atoms with E-state index < -0.39 is 11.9 Å². The summed E-state index contributed by atoms with van der Waals surface area (Å²) in [5.41, 5.74) is 0.568. The molecular weight excluding hydrogens is 300 g/mol. The average molecular weight is 313 g/mol. The number of pyridine rings is 1. The Morgan fingerprint density at radius 1 is 1.56 bits per heavy atom. The lowest BCUT2D eigenvalue weighted by Gasteiger charge is -2.41. The number of rotatable bonds is 3. The Labute approximate surface area is 113 Å². The summed E-state index contributed by atoms with van der Waals surface area (Å²) < 4.78 is 0.615. The van der Waals surface area contributed by atoms with Crippen molar-refractivity contribution in [2.24, 2.45) is 11.8 Å². The fourth-order valence-electron chi connectivity index (χ4n) is 1.91. The highest BCUT2D eigenvalue weighted by Gasteiger charge is 2.37. The number of likely N-dealkylation sites (tertiary alicyclic amines) is 1. The van der Waals surface area contributed by atoms with Gasteiger partial charge in [-0.05, 0) is 28.1 Å². The third-order valence-electron chi connectivity index (χ3n) is 3.27. The van der Waals surface area contributed by atoms with Gasteiger partial charge in [0.05, 0.1) is 5.92 Å². The number of aliphatic carboxylic acids is 1. The zero-order valence-corrected chi connectivity index (χ0v) is 11.4. The molecule has 0 spiro atoms. The van der Waals surface area contributed by atoms with Crippen LogP contribution in [0, 0.1) is 11.8 Å². The fraction of sp³-hybridized carbons (Fsp3) is 0.417. The molecule has 1 aliphatic heterocycles. The van der Waals surface area contributed by atoms with Crippen LogP contribution in [0.3, 0.4) is 0 Å². The first-order valence-corrected chi connectivity index (χ1v) is 6.42. The van der Waals surface area contributed by atoms with Crippen LogP contribution in [0.15, 0.2) is 22.9 Å². The maximum atomic E-state index is 12.0. The first-order valence-electron chi connectivity index (χ1n) is 5.62. The molecule has 6 heteroatoms. The van der Waals surface area contributed by atoms with Crippen LogP contribution in [-0.4, -0.2) is 40.0 Å². The minimum atomic E-state index is -0.807. The zero-order valence-electron chi connectivity index (χ0n) is 9.84. The van der Waals surface area contributed by atoms with E-state index in [1.165, 1.54) is 0 Å². The van der Waals surface area contributed by atoms with Crippen LogP contribution in [0.25, 0.3) is 0 Å². The van der Waals surface area contributed by atoms with E-state index in [4.69, 9.17) is 5.11 Å². The van der Waals surface area contributed by atoms with Gasteiger partial charge >= 0.3 is 5.97 Å². The molecule has 1 fully saturated rings. The fourth-order valence-corrected chi connectivity index (χ4v) is 2.28. The van der Waals surface area contributed by atoms with Crippen molar-refractivity contribution in [3.63, 3.8) is 0 Å². The maximum Gasteiger partial charge on any atom is 0.306 e. The van der Waals surface area contributed by atoms with Gasteiger partial charge in [-0.15, -0.1) is 0 Å². The quantitative estimate of drug-likeness (QED) is 0.861. The number of aromatic nitrogens is 1. The lowest BCUT2D eigenvalue weighted by atomic mass is 9.86. The Kier molecular flexibility index (Phi) is 3.65. The van der Waals surface area contributed by atoms with E-state index in [1.807, 2.05) is 0 Å². The number of hydrogen-bond donors (Lipinski definition) is 1. The molecule has 0 saturated carbocycles. The van der Waals surface area contributed by atoms with Gasteiger partial charge in [-0.3, -0.25) is 9.59 Å². The second kappa shape index (κ2) is 5.06. The molecule has 1 atom stereocenters. The van der Waals surface area contributed by atoms with Crippen molar-refractivity contribution in [1.29, 1.82) is 0 Å². The molecule has 1 N–H and O–H groups in total. The summed E-state index contributed by atoms with van der Waals surface area (Å²) in [6.45, 7) is 2.69. The van der Waals surface area contributed by atoms with Gasteiger partial charge in [0, 0.05) is 30.8 Å². The molecule has 0 radical (unpaired) electrons. The number of nitrogens with zero attached hydrogens (tertiary/aromatic N) is 2. The first-order chi connectivity index (χ1) is 8.49. The number of carboxylic acid groups (broad SMARTS) is 1. The Hall–Kier alpha value is -1.43. The van der Waals surface area contributed by atoms with Gasteiger partial charge in [0.2, 0.25) is 0 Å². The summed E-state index contributed by atoms with van der Waals surface area (Å²) in [5, 5.41) is 8.88. The lowest BCUT2D eigenvalue weighted by Crippen LogP contribution is -2.53. The van der Waals surface area contributed by atoms with E-state index in [1.54, 1.807) is 30.2 Å². The molecule has 1 aromatic heterocycles. The van der Waals surface area contributed by atoms with Crippen molar-refractivity contribution in [3.8, 4) is 0 Å². The van der Waals surface area contributed by atoms with E-state index in [-0.39, 0.29) is 11.8 Å². The van der Waals surface area contributed by atoms with Gasteiger partial charge in [0.15, 0.2) is 0 Å². The van der Waals surface area contributed by atoms with Gasteiger partial charge in [-0.1, -0.05) is 6.92 Å². The lowest BCUT2D eigenvalue weighted by molar-refractivity contribution is -0.144. The molecule has 0 aliphatic carbocycles. The molecule has 18 heavy (non-hydrogen) atoms. The monoisotopic (exact) mass is 312 g/mol. The molecule has 1 aliphatic rings. The van der Waals surface area contributed by atoms with Gasteiger partial charge in [0.1, 0.15) is 4.60 Å². The Balaban J connectivity index is 1.96. The summed E-state index contributed by atoms with van der Waals surface area (Å²) in [6, 6.07) is 3.32. The summed E-state index contributed by atoms with van der Waals surface area (Å²) in [7, 11) is 0. The molecule has 1 amide bonds. The number of hydrogen-bond acceptors (Lipinski definition) is 3. The van der Waals surface area contributed by atoms with Crippen molar-refractivity contribution in [1.82, 2.24) is 9.88 Å². The predicted octanol–water partition coefficient (Wildman–Crippen LogP) is 1.64. The normalized spacial score (nSPS) is 17.1. The average Bonchev–Trinajstić information content (AvgIpc) is 2.26. The van der Waals surface area contributed by atoms with Gasteiger partial charge in [-0.2, -0.15) is 0 Å². The van der Waals surface area contributed by atoms with Gasteiger partial charge in [-0.25, -0.2) is 4.98 Å². The smallest absolute Gasteiger partial charge is 0.306 e. The van der Waals surface area contributed by atoms with Crippen molar-refractivity contribution in [2.75, 3.05) is 13.1 Å². The number of amides is 1. The van der Waals surface area contributed by atoms with Gasteiger partial charge in [0.25, 0.3) is 5.91 Å². The highest BCUT2D eigenvalue weighted by atomic mass is 79.9. The van der Waals surface area contributed by atoms with Crippen LogP contribution in [0.2, 0.25) is 0 Å². The minimum absolute atomic E-state index is 0.0525. The Bertz CT molecular complexity index is 486. The van der Waals surface area contributed by atoms with Crippen molar-refractivity contribution >= 4 is 27.8 Å². The number of halogens is 1. The molecular formula is C12H13BrN2O3. The standard InChI is InChI=1S/C12H13BrN2O3/c1-7(12(17)18)9-5-15(6-9)11(16)8-2-3-14-10(13)4-8/h2-4,7,9H,5-6H2,1H3,(H,17,18). The van der Waals surface area contributed by atoms with Crippen LogP contribution < -0.4 is 0 Å². The molecule has 1 aromatic rings. The highest BCUT2D eigenvalue weighted by molar-refractivity contribution is 9.10. The SMILES string of the molecule is CC(C(=O)O)C1CN(C(=O)c2ccnc(Br)c2)C1. The highest BCUT2D eigenvalue weighted by Crippen LogP contribution is 2.25. The summed E-state index contributed by atoms with van der Waals surface area (Å²) in [4.78, 5) is 28.5. The molecule has 2 rings (SSSR count). The summed E-state index contributed by atoms with van der Waals surface area (Å²) in [6.07, 6.45) is 1.56. The predicted molar refractivity (Wildman–Crippen MR) is 68.1 cm³/mol. The van der Waals surface area contributed by atoms with E-state index >= 15 is 0 Å². The van der Waals surface area contributed by atoms with E-state index in [2.05, 4.69) is 20.9 Å². The third-order valence-corrected chi connectivity index (χ3v) is 3.70. The first kappa shape index (κ1) is 13.0. The van der Waals surface area contributed by atoms with E-state index in [0.717, 1.165) is 0 Å². The number of carbonyl (C=O) groups is 2.